The van der Waals surface area contributed by atoms with Crippen LogP contribution in [0.1, 0.15) is 37.4 Å². The minimum absolute atomic E-state index is 0.0865. The molecule has 0 unspecified atom stereocenters. The Kier molecular flexibility index (Phi) is 6.99. The number of hydrogen-bond acceptors (Lipinski definition) is 6. The SMILES string of the molecule is Cc1ccc(COc2cccc(/C=C3\SC(=S)N(c4cc(C(=O)O)cc(C(=O)O)c4)C3=O)c2)cc1. The van der Waals surface area contributed by atoms with Crippen molar-refractivity contribution in [3.8, 4) is 5.75 Å². The molecule has 1 amide bonds. The van der Waals surface area contributed by atoms with Gasteiger partial charge in [-0.25, -0.2) is 9.59 Å². The van der Waals surface area contributed by atoms with Gasteiger partial charge in [0, 0.05) is 0 Å². The van der Waals surface area contributed by atoms with Gasteiger partial charge in [-0.15, -0.1) is 0 Å². The second-order valence-electron chi connectivity index (χ2n) is 7.74. The first kappa shape index (κ1) is 24.2. The summed E-state index contributed by atoms with van der Waals surface area (Å²) in [6.07, 6.45) is 1.66. The van der Waals surface area contributed by atoms with E-state index in [9.17, 15) is 24.6 Å². The van der Waals surface area contributed by atoms with E-state index in [2.05, 4.69) is 0 Å². The van der Waals surface area contributed by atoms with Crippen LogP contribution >= 0.6 is 24.0 Å². The van der Waals surface area contributed by atoms with Gasteiger partial charge >= 0.3 is 11.9 Å². The second-order valence-corrected chi connectivity index (χ2v) is 9.42. The summed E-state index contributed by atoms with van der Waals surface area (Å²) in [4.78, 5) is 37.5. The predicted octanol–water partition coefficient (Wildman–Crippen LogP) is 5.38. The highest BCUT2D eigenvalue weighted by Gasteiger charge is 2.34. The Morgan fingerprint density at radius 1 is 1.00 bits per heavy atom. The van der Waals surface area contributed by atoms with E-state index in [1.165, 1.54) is 17.7 Å². The standard InChI is InChI=1S/C26H19NO6S2/c1-15-5-7-16(8-6-15)14-33-21-4-2-3-17(9-21)10-22-23(28)27(26(34)35-22)20-12-18(24(29)30)11-19(13-20)25(31)32/h2-13H,14H2,1H3,(H,29,30)(H,31,32)/b22-10-. The van der Waals surface area contributed by atoms with Gasteiger partial charge in [0.1, 0.15) is 12.4 Å². The van der Waals surface area contributed by atoms with E-state index >= 15 is 0 Å². The fourth-order valence-corrected chi connectivity index (χ4v) is 4.67. The maximum absolute atomic E-state index is 13.1. The predicted molar refractivity (Wildman–Crippen MR) is 138 cm³/mol. The van der Waals surface area contributed by atoms with Crippen molar-refractivity contribution in [3.63, 3.8) is 0 Å². The Morgan fingerprint density at radius 3 is 2.29 bits per heavy atom. The first-order chi connectivity index (χ1) is 16.7. The van der Waals surface area contributed by atoms with Gasteiger partial charge in [-0.2, -0.15) is 0 Å². The van der Waals surface area contributed by atoms with Gasteiger partial charge < -0.3 is 14.9 Å². The van der Waals surface area contributed by atoms with E-state index in [0.29, 0.717) is 17.3 Å². The molecule has 0 aliphatic carbocycles. The fourth-order valence-electron chi connectivity index (χ4n) is 3.37. The number of amides is 1. The molecule has 0 bridgehead atoms. The Morgan fingerprint density at radius 2 is 1.66 bits per heavy atom. The quantitative estimate of drug-likeness (QED) is 0.326. The van der Waals surface area contributed by atoms with Crippen molar-refractivity contribution in [1.82, 2.24) is 0 Å². The Bertz CT molecular complexity index is 1350. The summed E-state index contributed by atoms with van der Waals surface area (Å²) in [6.45, 7) is 2.42. The van der Waals surface area contributed by atoms with Crippen molar-refractivity contribution in [1.29, 1.82) is 0 Å². The van der Waals surface area contributed by atoms with Crippen molar-refractivity contribution in [3.05, 3.63) is 99.5 Å². The number of hydrogen-bond donors (Lipinski definition) is 2. The monoisotopic (exact) mass is 505 g/mol. The number of aromatic carboxylic acids is 2. The largest absolute Gasteiger partial charge is 0.489 e. The van der Waals surface area contributed by atoms with Crippen LogP contribution in [0.4, 0.5) is 5.69 Å². The Hall–Kier alpha value is -3.95. The van der Waals surface area contributed by atoms with Crippen molar-refractivity contribution in [2.24, 2.45) is 0 Å². The van der Waals surface area contributed by atoms with E-state index < -0.39 is 17.8 Å². The Labute approximate surface area is 210 Å². The molecule has 1 heterocycles. The van der Waals surface area contributed by atoms with E-state index in [4.69, 9.17) is 17.0 Å². The van der Waals surface area contributed by atoms with Crippen molar-refractivity contribution < 1.29 is 29.3 Å². The lowest BCUT2D eigenvalue weighted by Crippen LogP contribution is -2.28. The molecule has 4 rings (SSSR count). The second kappa shape index (κ2) is 10.1. The summed E-state index contributed by atoms with van der Waals surface area (Å²) in [5.74, 6) is -2.45. The summed E-state index contributed by atoms with van der Waals surface area (Å²) in [5.41, 5.74) is 2.50. The average molecular weight is 506 g/mol. The van der Waals surface area contributed by atoms with Gasteiger partial charge in [0.15, 0.2) is 4.32 Å². The molecular weight excluding hydrogens is 486 g/mol. The maximum atomic E-state index is 13.1. The van der Waals surface area contributed by atoms with Crippen LogP contribution in [-0.4, -0.2) is 32.4 Å². The molecule has 7 nitrogen and oxygen atoms in total. The number of ether oxygens (including phenoxy) is 1. The zero-order valence-corrected chi connectivity index (χ0v) is 20.1. The number of carboxylic acids is 2. The molecule has 0 saturated carbocycles. The van der Waals surface area contributed by atoms with Gasteiger partial charge in [0.2, 0.25) is 0 Å². The number of benzene rings is 3. The summed E-state index contributed by atoms with van der Waals surface area (Å²) < 4.78 is 6.05. The molecule has 1 aliphatic rings. The molecule has 9 heteroatoms. The number of rotatable bonds is 7. The van der Waals surface area contributed by atoms with Crippen molar-refractivity contribution >= 4 is 57.9 Å². The van der Waals surface area contributed by atoms with Crippen LogP contribution in [0.25, 0.3) is 6.08 Å². The van der Waals surface area contributed by atoms with E-state index in [0.717, 1.165) is 33.9 Å². The lowest BCUT2D eigenvalue weighted by Gasteiger charge is -2.16. The lowest BCUT2D eigenvalue weighted by atomic mass is 10.1. The maximum Gasteiger partial charge on any atom is 0.335 e. The number of carbonyl (C=O) groups excluding carboxylic acids is 1. The number of nitrogens with zero attached hydrogens (tertiary/aromatic N) is 1. The van der Waals surface area contributed by atoms with Gasteiger partial charge in [-0.1, -0.05) is 65.9 Å². The highest BCUT2D eigenvalue weighted by atomic mass is 32.2. The van der Waals surface area contributed by atoms with E-state index in [-0.39, 0.29) is 21.1 Å². The van der Waals surface area contributed by atoms with Gasteiger partial charge in [-0.05, 0) is 54.5 Å². The Balaban J connectivity index is 1.56. The molecule has 2 N–H and O–H groups in total. The zero-order valence-electron chi connectivity index (χ0n) is 18.4. The van der Waals surface area contributed by atoms with Gasteiger partial charge in [0.05, 0.1) is 21.7 Å². The third-order valence-electron chi connectivity index (χ3n) is 5.15. The average Bonchev–Trinajstić information content (AvgIpc) is 3.11. The summed E-state index contributed by atoms with van der Waals surface area (Å²) >= 11 is 6.40. The van der Waals surface area contributed by atoms with Crippen LogP contribution in [0.5, 0.6) is 5.75 Å². The van der Waals surface area contributed by atoms with E-state index in [1.807, 2.05) is 49.4 Å². The van der Waals surface area contributed by atoms with Crippen LogP contribution in [0.2, 0.25) is 0 Å². The van der Waals surface area contributed by atoms with Crippen LogP contribution in [-0.2, 0) is 11.4 Å². The third-order valence-corrected chi connectivity index (χ3v) is 6.45. The molecule has 35 heavy (non-hydrogen) atoms. The van der Waals surface area contributed by atoms with Crippen LogP contribution in [0, 0.1) is 6.92 Å². The lowest BCUT2D eigenvalue weighted by molar-refractivity contribution is -0.113. The normalized spacial score (nSPS) is 14.4. The summed E-state index contributed by atoms with van der Waals surface area (Å²) in [6, 6.07) is 18.8. The highest BCUT2D eigenvalue weighted by molar-refractivity contribution is 8.27. The molecule has 1 aliphatic heterocycles. The minimum Gasteiger partial charge on any atom is -0.489 e. The van der Waals surface area contributed by atoms with Crippen molar-refractivity contribution in [2.45, 2.75) is 13.5 Å². The van der Waals surface area contributed by atoms with Crippen LogP contribution in [0.3, 0.4) is 0 Å². The smallest absolute Gasteiger partial charge is 0.335 e. The molecule has 3 aromatic carbocycles. The molecule has 1 saturated heterocycles. The molecule has 1 fully saturated rings. The number of aryl methyl sites for hydroxylation is 1. The molecule has 176 valence electrons. The summed E-state index contributed by atoms with van der Waals surface area (Å²) in [5, 5.41) is 18.7. The number of anilines is 1. The topological polar surface area (TPSA) is 104 Å². The van der Waals surface area contributed by atoms with Gasteiger partial charge in [0.25, 0.3) is 5.91 Å². The molecule has 3 aromatic rings. The van der Waals surface area contributed by atoms with Crippen LogP contribution in [0.15, 0.2) is 71.6 Å². The third kappa shape index (κ3) is 5.59. The van der Waals surface area contributed by atoms with Crippen LogP contribution < -0.4 is 9.64 Å². The number of thiocarbonyl (C=S) groups is 1. The first-order valence-corrected chi connectivity index (χ1v) is 11.6. The minimum atomic E-state index is -1.31. The highest BCUT2D eigenvalue weighted by Crippen LogP contribution is 2.37. The first-order valence-electron chi connectivity index (χ1n) is 10.4. The van der Waals surface area contributed by atoms with Crippen molar-refractivity contribution in [2.75, 3.05) is 4.90 Å². The van der Waals surface area contributed by atoms with E-state index in [1.54, 1.807) is 12.1 Å². The number of carbonyl (C=O) groups is 3. The number of thioether (sulfide) groups is 1. The molecule has 0 atom stereocenters. The molecule has 0 spiro atoms. The number of carboxylic acid groups (broad SMARTS) is 2. The summed E-state index contributed by atoms with van der Waals surface area (Å²) in [7, 11) is 0. The van der Waals surface area contributed by atoms with Gasteiger partial charge in [-0.3, -0.25) is 9.69 Å². The molecule has 0 radical (unpaired) electrons. The molecular formula is C26H19NO6S2. The zero-order chi connectivity index (χ0) is 25.1. The fraction of sp³-hybridized carbons (Fsp3) is 0.0769. The molecule has 0 aromatic heterocycles.